The third kappa shape index (κ3) is 6.21. The summed E-state index contributed by atoms with van der Waals surface area (Å²) >= 11 is 9.11. The van der Waals surface area contributed by atoms with Gasteiger partial charge in [0.1, 0.15) is 0 Å². The van der Waals surface area contributed by atoms with E-state index >= 15 is 0 Å². The van der Waals surface area contributed by atoms with Gasteiger partial charge in [-0.2, -0.15) is 13.2 Å². The molecule has 1 fully saturated rings. The van der Waals surface area contributed by atoms with Crippen molar-refractivity contribution >= 4 is 45.3 Å². The summed E-state index contributed by atoms with van der Waals surface area (Å²) in [6, 6.07) is 4.70. The first-order chi connectivity index (χ1) is 14.2. The molecule has 1 aromatic carbocycles. The molecule has 0 spiro atoms. The largest absolute Gasteiger partial charge is 0.437 e. The van der Waals surface area contributed by atoms with Gasteiger partial charge in [0.05, 0.1) is 11.9 Å². The van der Waals surface area contributed by atoms with E-state index in [1.807, 2.05) is 0 Å². The molecule has 3 rings (SSSR count). The number of nitrogens with zero attached hydrogens (tertiary/aromatic N) is 2. The van der Waals surface area contributed by atoms with Crippen molar-refractivity contribution in [3.63, 3.8) is 0 Å². The maximum atomic E-state index is 13.5. The molecule has 0 aliphatic heterocycles. The molecule has 1 amide bonds. The number of hydrogen-bond donors (Lipinski definition) is 2. The summed E-state index contributed by atoms with van der Waals surface area (Å²) in [4.78, 5) is 19.3. The Bertz CT molecular complexity index is 908. The molecule has 30 heavy (non-hydrogen) atoms. The second-order valence-corrected chi connectivity index (χ2v) is 8.22. The van der Waals surface area contributed by atoms with Crippen molar-refractivity contribution in [1.82, 2.24) is 15.3 Å². The van der Waals surface area contributed by atoms with Crippen LogP contribution in [0.15, 0.2) is 28.9 Å². The number of carbonyl (C=O) groups is 1. The Morgan fingerprint density at radius 3 is 2.67 bits per heavy atom. The molecule has 0 bridgehead atoms. The van der Waals surface area contributed by atoms with Crippen molar-refractivity contribution in [2.45, 2.75) is 38.3 Å². The van der Waals surface area contributed by atoms with Crippen LogP contribution < -0.4 is 15.4 Å². The molecule has 162 valence electrons. The molecule has 1 aromatic heterocycles. The summed E-state index contributed by atoms with van der Waals surface area (Å²) in [5.41, 5.74) is -0.927. The fourth-order valence-corrected chi connectivity index (χ4v) is 3.96. The summed E-state index contributed by atoms with van der Waals surface area (Å²) in [6.45, 7) is 0.366. The smallest absolute Gasteiger partial charge is 0.406 e. The molecule has 0 radical (unpaired) electrons. The van der Waals surface area contributed by atoms with Gasteiger partial charge >= 0.3 is 12.3 Å². The number of ether oxygens (including phenoxy) is 1. The average Bonchev–Trinajstić information content (AvgIpc) is 2.69. The molecule has 1 saturated carbocycles. The molecule has 1 aliphatic carbocycles. The molecule has 2 aromatic rings. The van der Waals surface area contributed by atoms with Gasteiger partial charge in [0.25, 0.3) is 0 Å². The topological polar surface area (TPSA) is 76.1 Å². The number of alkyl halides is 3. The lowest BCUT2D eigenvalue weighted by Crippen LogP contribution is -2.33. The van der Waals surface area contributed by atoms with Crippen molar-refractivity contribution in [2.24, 2.45) is 5.92 Å². The summed E-state index contributed by atoms with van der Waals surface area (Å²) < 4.78 is 45.8. The Labute approximate surface area is 184 Å². The van der Waals surface area contributed by atoms with Crippen LogP contribution in [0.4, 0.5) is 29.6 Å². The molecule has 0 saturated heterocycles. The third-order valence-corrected chi connectivity index (χ3v) is 5.55. The summed E-state index contributed by atoms with van der Waals surface area (Å²) in [5.74, 6) is -0.751. The number of amides is 1. The zero-order valence-corrected chi connectivity index (χ0v) is 18.1. The van der Waals surface area contributed by atoms with Gasteiger partial charge in [0, 0.05) is 16.0 Å². The predicted molar refractivity (Wildman–Crippen MR) is 110 cm³/mol. The van der Waals surface area contributed by atoms with Crippen molar-refractivity contribution in [1.29, 1.82) is 0 Å². The Balaban J connectivity index is 1.71. The number of benzene rings is 1. The van der Waals surface area contributed by atoms with Crippen LogP contribution in [0, 0.1) is 5.92 Å². The second kappa shape index (κ2) is 9.82. The highest BCUT2D eigenvalue weighted by molar-refractivity contribution is 9.10. The predicted octanol–water partition coefficient (Wildman–Crippen LogP) is 6.32. The Morgan fingerprint density at radius 1 is 1.27 bits per heavy atom. The third-order valence-electron chi connectivity index (χ3n) is 4.66. The molecule has 2 N–H and O–H groups in total. The van der Waals surface area contributed by atoms with E-state index in [0.717, 1.165) is 31.9 Å². The number of aromatic nitrogens is 2. The minimum atomic E-state index is -4.84. The average molecular weight is 508 g/mol. The fraction of sp³-hybridized carbons (Fsp3) is 0.421. The van der Waals surface area contributed by atoms with E-state index < -0.39 is 23.7 Å². The maximum Gasteiger partial charge on any atom is 0.437 e. The van der Waals surface area contributed by atoms with Gasteiger partial charge in [-0.05, 0) is 52.9 Å². The first kappa shape index (κ1) is 22.6. The Morgan fingerprint density at radius 2 is 2.00 bits per heavy atom. The van der Waals surface area contributed by atoms with Crippen molar-refractivity contribution in [3.05, 3.63) is 39.6 Å². The van der Waals surface area contributed by atoms with Crippen LogP contribution in [-0.2, 0) is 6.18 Å². The zero-order valence-electron chi connectivity index (χ0n) is 15.7. The van der Waals surface area contributed by atoms with E-state index in [9.17, 15) is 18.0 Å². The summed E-state index contributed by atoms with van der Waals surface area (Å²) in [7, 11) is 0. The molecule has 1 heterocycles. The number of anilines is 2. The van der Waals surface area contributed by atoms with E-state index in [1.54, 1.807) is 18.2 Å². The lowest BCUT2D eigenvalue weighted by atomic mass is 9.89. The molecule has 0 atom stereocenters. The van der Waals surface area contributed by atoms with Crippen LogP contribution in [0.2, 0.25) is 5.02 Å². The van der Waals surface area contributed by atoms with Crippen LogP contribution in [0.1, 0.15) is 37.8 Å². The first-order valence-corrected chi connectivity index (χ1v) is 10.5. The van der Waals surface area contributed by atoms with E-state index in [2.05, 4.69) is 36.5 Å². The molecule has 11 heteroatoms. The van der Waals surface area contributed by atoms with E-state index in [-0.39, 0.29) is 5.95 Å². The van der Waals surface area contributed by atoms with E-state index in [1.165, 1.54) is 6.42 Å². The number of nitrogens with one attached hydrogen (secondary N) is 2. The summed E-state index contributed by atoms with van der Waals surface area (Å²) in [6.07, 6.45) is 0.334. The number of hydrogen-bond acceptors (Lipinski definition) is 5. The first-order valence-electron chi connectivity index (χ1n) is 9.34. The fourth-order valence-electron chi connectivity index (χ4n) is 3.17. The van der Waals surface area contributed by atoms with Gasteiger partial charge < -0.3 is 15.4 Å². The zero-order chi connectivity index (χ0) is 21.7. The maximum absolute atomic E-state index is 13.5. The van der Waals surface area contributed by atoms with Crippen molar-refractivity contribution in [3.8, 4) is 5.75 Å². The lowest BCUT2D eigenvalue weighted by molar-refractivity contribution is -0.142. The van der Waals surface area contributed by atoms with E-state index in [4.69, 9.17) is 16.3 Å². The van der Waals surface area contributed by atoms with Gasteiger partial charge in [0.15, 0.2) is 11.4 Å². The van der Waals surface area contributed by atoms with Crippen LogP contribution >= 0.6 is 27.5 Å². The molecular formula is C19H19BrClF3N4O2. The van der Waals surface area contributed by atoms with Crippen LogP contribution in [-0.4, -0.2) is 22.6 Å². The molecular weight excluding hydrogens is 489 g/mol. The Hall–Kier alpha value is -2.07. The number of halogens is 5. The van der Waals surface area contributed by atoms with Crippen molar-refractivity contribution < 1.29 is 22.7 Å². The monoisotopic (exact) mass is 506 g/mol. The highest BCUT2D eigenvalue weighted by Gasteiger charge is 2.38. The van der Waals surface area contributed by atoms with Gasteiger partial charge in [0.2, 0.25) is 5.95 Å². The van der Waals surface area contributed by atoms with Gasteiger partial charge in [-0.3, -0.25) is 0 Å². The normalized spacial score (nSPS) is 15.0. The standard InChI is InChI=1S/C19H19BrClF3N4O2/c20-13-8-12(21)6-7-14(13)27-17-25-10-15(16(28-17)19(22,23)24)30-18(29)26-9-11-4-2-1-3-5-11/h6-8,10-11H,1-5,9H2,(H,26,29)(H,25,27,28). The minimum Gasteiger partial charge on any atom is -0.406 e. The number of carbonyl (C=O) groups excluding carboxylic acids is 1. The van der Waals surface area contributed by atoms with Gasteiger partial charge in [-0.25, -0.2) is 14.8 Å². The molecule has 6 nitrogen and oxygen atoms in total. The second-order valence-electron chi connectivity index (χ2n) is 6.93. The van der Waals surface area contributed by atoms with Crippen LogP contribution in [0.5, 0.6) is 5.75 Å². The van der Waals surface area contributed by atoms with E-state index in [0.29, 0.717) is 27.6 Å². The lowest BCUT2D eigenvalue weighted by Gasteiger charge is -2.21. The van der Waals surface area contributed by atoms with Crippen molar-refractivity contribution in [2.75, 3.05) is 11.9 Å². The van der Waals surface area contributed by atoms with Gasteiger partial charge in [-0.1, -0.05) is 30.9 Å². The number of rotatable bonds is 5. The quantitative estimate of drug-likeness (QED) is 0.495. The minimum absolute atomic E-state index is 0.305. The van der Waals surface area contributed by atoms with Crippen LogP contribution in [0.3, 0.4) is 0 Å². The highest BCUT2D eigenvalue weighted by Crippen LogP contribution is 2.36. The highest BCUT2D eigenvalue weighted by atomic mass is 79.9. The van der Waals surface area contributed by atoms with Gasteiger partial charge in [-0.15, -0.1) is 0 Å². The van der Waals surface area contributed by atoms with Crippen LogP contribution in [0.25, 0.3) is 0 Å². The SMILES string of the molecule is O=C(NCC1CCCCC1)Oc1cnc(Nc2ccc(Cl)cc2Br)nc1C(F)(F)F. The summed E-state index contributed by atoms with van der Waals surface area (Å²) in [5, 5.41) is 5.66. The Kier molecular flexibility index (Phi) is 7.41. The molecule has 1 aliphatic rings. The molecule has 0 unspecified atom stereocenters.